The molecule has 56 valence electrons. The molecular formula is C4H4ClNO3S. The molecule has 0 rings (SSSR count). The van der Waals surface area contributed by atoms with E-state index in [9.17, 15) is 13.2 Å². The fourth-order valence-corrected chi connectivity index (χ4v) is 1.27. The van der Waals surface area contributed by atoms with Crippen molar-refractivity contribution < 1.29 is 13.2 Å². The van der Waals surface area contributed by atoms with E-state index in [1.807, 2.05) is 0 Å². The number of isocyanates is 1. The molecule has 0 heterocycles. The molecule has 0 unspecified atom stereocenters. The largest absolute Gasteiger partial charge is 0.268 e. The molecule has 0 aliphatic carbocycles. The van der Waals surface area contributed by atoms with Gasteiger partial charge in [0.1, 0.15) is 5.75 Å². The first-order valence-corrected chi connectivity index (χ1v) is 4.12. The van der Waals surface area contributed by atoms with E-state index in [1.165, 1.54) is 0 Å². The Bertz CT molecular complexity index is 275. The summed E-state index contributed by atoms with van der Waals surface area (Å²) < 4.78 is 23.5. The molecule has 0 radical (unpaired) electrons. The monoisotopic (exact) mass is 181 g/mol. The van der Waals surface area contributed by atoms with Gasteiger partial charge in [0.2, 0.25) is 0 Å². The zero-order valence-electron chi connectivity index (χ0n) is 4.87. The third-order valence-corrected chi connectivity index (χ3v) is 1.87. The molecule has 0 aliphatic rings. The summed E-state index contributed by atoms with van der Waals surface area (Å²) in [5, 5.41) is -0.0843. The van der Waals surface area contributed by atoms with E-state index in [-0.39, 0.29) is 5.03 Å². The van der Waals surface area contributed by atoms with E-state index in [4.69, 9.17) is 11.6 Å². The standard InChI is InChI=1S/C4H4ClNO3S/c1-4(5)2-10(8,9)6-3-7/h1-2H2. The first-order chi connectivity index (χ1) is 4.48. The fraction of sp³-hybridized carbons (Fsp3) is 0.250. The van der Waals surface area contributed by atoms with Crippen molar-refractivity contribution >= 4 is 27.7 Å². The third kappa shape index (κ3) is 4.26. The summed E-state index contributed by atoms with van der Waals surface area (Å²) in [4.78, 5) is 9.46. The van der Waals surface area contributed by atoms with Crippen LogP contribution < -0.4 is 0 Å². The minimum absolute atomic E-state index is 0.0843. The molecule has 0 bridgehead atoms. The minimum atomic E-state index is -3.76. The van der Waals surface area contributed by atoms with Crippen molar-refractivity contribution in [2.24, 2.45) is 4.40 Å². The highest BCUT2D eigenvalue weighted by molar-refractivity contribution is 7.90. The van der Waals surface area contributed by atoms with E-state index < -0.39 is 15.8 Å². The van der Waals surface area contributed by atoms with Crippen molar-refractivity contribution in [3.8, 4) is 0 Å². The molecule has 4 nitrogen and oxygen atoms in total. The lowest BCUT2D eigenvalue weighted by atomic mass is 10.8. The normalized spacial score (nSPS) is 10.1. The molecule has 0 aliphatic heterocycles. The van der Waals surface area contributed by atoms with Gasteiger partial charge in [0, 0.05) is 5.03 Å². The molecule has 0 aromatic heterocycles. The lowest BCUT2D eigenvalue weighted by Gasteiger charge is -1.89. The summed E-state index contributed by atoms with van der Waals surface area (Å²) in [5.74, 6) is -0.524. The molecule has 0 aromatic carbocycles. The summed E-state index contributed by atoms with van der Waals surface area (Å²) in [7, 11) is -3.76. The van der Waals surface area contributed by atoms with Gasteiger partial charge >= 0.3 is 0 Å². The van der Waals surface area contributed by atoms with Gasteiger partial charge in [-0.1, -0.05) is 22.6 Å². The van der Waals surface area contributed by atoms with Crippen molar-refractivity contribution in [3.63, 3.8) is 0 Å². The van der Waals surface area contributed by atoms with Gasteiger partial charge in [-0.25, -0.2) is 13.2 Å². The molecule has 0 atom stereocenters. The van der Waals surface area contributed by atoms with E-state index in [0.29, 0.717) is 0 Å². The highest BCUT2D eigenvalue weighted by Crippen LogP contribution is 2.02. The van der Waals surface area contributed by atoms with Crippen LogP contribution in [0.4, 0.5) is 0 Å². The Kier molecular flexibility index (Phi) is 3.28. The first kappa shape index (κ1) is 9.36. The number of hydrogen-bond donors (Lipinski definition) is 0. The molecule has 0 amide bonds. The highest BCUT2D eigenvalue weighted by atomic mass is 35.5. The zero-order chi connectivity index (χ0) is 8.20. The molecule has 6 heteroatoms. The van der Waals surface area contributed by atoms with E-state index in [0.717, 1.165) is 6.08 Å². The van der Waals surface area contributed by atoms with Crippen molar-refractivity contribution in [2.45, 2.75) is 0 Å². The van der Waals surface area contributed by atoms with Gasteiger partial charge in [-0.15, -0.1) is 0 Å². The van der Waals surface area contributed by atoms with Gasteiger partial charge < -0.3 is 0 Å². The van der Waals surface area contributed by atoms with Crippen molar-refractivity contribution in [3.05, 3.63) is 11.6 Å². The molecule has 0 saturated carbocycles. The number of rotatable bonds is 3. The third-order valence-electron chi connectivity index (χ3n) is 0.515. The van der Waals surface area contributed by atoms with Gasteiger partial charge in [0.25, 0.3) is 16.1 Å². The number of halogens is 1. The zero-order valence-corrected chi connectivity index (χ0v) is 6.44. The Morgan fingerprint density at radius 3 is 2.50 bits per heavy atom. The van der Waals surface area contributed by atoms with Gasteiger partial charge in [-0.3, -0.25) is 0 Å². The maximum absolute atomic E-state index is 10.5. The smallest absolute Gasteiger partial charge is 0.210 e. The summed E-state index contributed by atoms with van der Waals surface area (Å²) >= 11 is 5.13. The Balaban J connectivity index is 4.45. The average molecular weight is 182 g/mol. The van der Waals surface area contributed by atoms with Crippen LogP contribution in [0, 0.1) is 0 Å². The Labute approximate surface area is 63.3 Å². The topological polar surface area (TPSA) is 63.6 Å². The predicted molar refractivity (Wildman–Crippen MR) is 36.9 cm³/mol. The maximum atomic E-state index is 10.5. The van der Waals surface area contributed by atoms with Crippen LogP contribution in [0.3, 0.4) is 0 Å². The van der Waals surface area contributed by atoms with Gasteiger partial charge in [0.15, 0.2) is 0 Å². The SMILES string of the molecule is C=C(Cl)CS(=O)(=O)N=C=O. The van der Waals surface area contributed by atoms with Crippen molar-refractivity contribution in [1.29, 1.82) is 0 Å². The van der Waals surface area contributed by atoms with Gasteiger partial charge in [0.05, 0.1) is 0 Å². The molecule has 0 saturated heterocycles. The second-order valence-electron chi connectivity index (χ2n) is 1.43. The fourth-order valence-electron chi connectivity index (χ4n) is 0.287. The second kappa shape index (κ2) is 3.51. The number of sulfonamides is 1. The van der Waals surface area contributed by atoms with E-state index in [2.05, 4.69) is 11.0 Å². The van der Waals surface area contributed by atoms with Crippen LogP contribution in [0.15, 0.2) is 16.0 Å². The van der Waals surface area contributed by atoms with E-state index >= 15 is 0 Å². The van der Waals surface area contributed by atoms with Crippen LogP contribution in [0.1, 0.15) is 0 Å². The van der Waals surface area contributed by atoms with Crippen LogP contribution in [-0.2, 0) is 14.8 Å². The Morgan fingerprint density at radius 2 is 2.20 bits per heavy atom. The summed E-state index contributed by atoms with van der Waals surface area (Å²) in [5.41, 5.74) is 0. The molecule has 10 heavy (non-hydrogen) atoms. The molecule has 0 spiro atoms. The minimum Gasteiger partial charge on any atom is -0.210 e. The van der Waals surface area contributed by atoms with Crippen LogP contribution in [0.5, 0.6) is 0 Å². The van der Waals surface area contributed by atoms with Crippen LogP contribution in [-0.4, -0.2) is 20.3 Å². The summed E-state index contributed by atoms with van der Waals surface area (Å²) in [6, 6.07) is 0. The lowest BCUT2D eigenvalue weighted by Crippen LogP contribution is -2.00. The average Bonchev–Trinajstić information content (AvgIpc) is 1.59. The van der Waals surface area contributed by atoms with Gasteiger partial charge in [-0.05, 0) is 0 Å². The first-order valence-electron chi connectivity index (χ1n) is 2.13. The molecular weight excluding hydrogens is 178 g/mol. The predicted octanol–water partition coefficient (Wildman–Crippen LogP) is 0.405. The Morgan fingerprint density at radius 1 is 1.70 bits per heavy atom. The second-order valence-corrected chi connectivity index (χ2v) is 3.60. The van der Waals surface area contributed by atoms with Crippen molar-refractivity contribution in [2.75, 3.05) is 5.75 Å². The Hall–Kier alpha value is -0.640. The van der Waals surface area contributed by atoms with Crippen molar-refractivity contribution in [1.82, 2.24) is 0 Å². The van der Waals surface area contributed by atoms with E-state index in [1.54, 1.807) is 0 Å². The molecule has 0 fully saturated rings. The number of carbonyl (C=O) groups excluding carboxylic acids is 1. The number of hydrogen-bond acceptors (Lipinski definition) is 3. The summed E-state index contributed by atoms with van der Waals surface area (Å²) in [6.07, 6.45) is 0.901. The summed E-state index contributed by atoms with van der Waals surface area (Å²) in [6.45, 7) is 3.12. The van der Waals surface area contributed by atoms with Crippen LogP contribution in [0.25, 0.3) is 0 Å². The molecule has 0 N–H and O–H groups in total. The number of nitrogens with zero attached hydrogens (tertiary/aromatic N) is 1. The maximum Gasteiger partial charge on any atom is 0.268 e. The van der Waals surface area contributed by atoms with Crippen LogP contribution >= 0.6 is 11.6 Å². The van der Waals surface area contributed by atoms with Gasteiger partial charge in [-0.2, -0.15) is 0 Å². The molecule has 0 aromatic rings. The highest BCUT2D eigenvalue weighted by Gasteiger charge is 2.07. The van der Waals surface area contributed by atoms with Crippen LogP contribution in [0.2, 0.25) is 0 Å². The quantitative estimate of drug-likeness (QED) is 0.468. The lowest BCUT2D eigenvalue weighted by molar-refractivity contribution is 0.564.